The Morgan fingerprint density at radius 3 is 2.56 bits per heavy atom. The minimum Gasteiger partial charge on any atom is -0.334 e. The highest BCUT2D eigenvalue weighted by molar-refractivity contribution is 5.94. The molecule has 1 aromatic heterocycles. The Balaban J connectivity index is 1.64. The maximum Gasteiger partial charge on any atom is 0.272 e. The summed E-state index contributed by atoms with van der Waals surface area (Å²) in [6.07, 6.45) is 3.42. The maximum atomic E-state index is 13.4. The third-order valence-corrected chi connectivity index (χ3v) is 6.58. The highest BCUT2D eigenvalue weighted by atomic mass is 16.2. The van der Waals surface area contributed by atoms with Crippen molar-refractivity contribution >= 4 is 5.91 Å². The zero-order valence-corrected chi connectivity index (χ0v) is 17.5. The molecule has 4 rings (SSSR count). The number of nitrogens with zero attached hydrogens (tertiary/aromatic N) is 3. The molecule has 1 aromatic carbocycles. The molecule has 1 amide bonds. The topological polar surface area (TPSA) is 38.1 Å². The molecule has 1 aliphatic carbocycles. The van der Waals surface area contributed by atoms with Gasteiger partial charge in [-0.3, -0.25) is 9.48 Å². The van der Waals surface area contributed by atoms with Gasteiger partial charge in [-0.25, -0.2) is 0 Å². The Morgan fingerprint density at radius 2 is 1.85 bits per heavy atom. The molecule has 27 heavy (non-hydrogen) atoms. The second-order valence-electron chi connectivity index (χ2n) is 9.98. The molecule has 0 spiro atoms. The van der Waals surface area contributed by atoms with Crippen LogP contribution >= 0.6 is 0 Å². The van der Waals surface area contributed by atoms with Gasteiger partial charge in [0.2, 0.25) is 0 Å². The first-order chi connectivity index (χ1) is 12.6. The van der Waals surface area contributed by atoms with Crippen LogP contribution in [0.4, 0.5) is 0 Å². The van der Waals surface area contributed by atoms with E-state index in [2.05, 4.69) is 62.8 Å². The molecule has 2 unspecified atom stereocenters. The molecule has 2 bridgehead atoms. The van der Waals surface area contributed by atoms with Crippen molar-refractivity contribution in [1.82, 2.24) is 14.7 Å². The van der Waals surface area contributed by atoms with Gasteiger partial charge in [-0.05, 0) is 67.2 Å². The van der Waals surface area contributed by atoms with E-state index in [-0.39, 0.29) is 11.3 Å². The molecule has 1 saturated carbocycles. The number of aryl methyl sites for hydroxylation is 3. The minimum atomic E-state index is 0.131. The molecule has 4 heteroatoms. The van der Waals surface area contributed by atoms with Gasteiger partial charge in [0.15, 0.2) is 0 Å². The van der Waals surface area contributed by atoms with E-state index in [1.807, 2.05) is 13.1 Å². The van der Waals surface area contributed by atoms with Crippen LogP contribution in [0.15, 0.2) is 24.3 Å². The van der Waals surface area contributed by atoms with Gasteiger partial charge in [0.05, 0.1) is 5.69 Å². The standard InChI is InChI=1S/C23H31N3O/c1-15-7-8-17(9-16(15)2)19-10-20(25(6)24-19)21(27)26-14-23(5)12-18(26)11-22(3,4)13-23/h7-10,18H,11-14H2,1-6H3. The first-order valence-electron chi connectivity index (χ1n) is 10.00. The summed E-state index contributed by atoms with van der Waals surface area (Å²) in [6.45, 7) is 12.1. The van der Waals surface area contributed by atoms with Crippen LogP contribution < -0.4 is 0 Å². The summed E-state index contributed by atoms with van der Waals surface area (Å²) in [6, 6.07) is 8.67. The summed E-state index contributed by atoms with van der Waals surface area (Å²) in [5.41, 5.74) is 5.71. The van der Waals surface area contributed by atoms with Gasteiger partial charge in [0.1, 0.15) is 5.69 Å². The predicted molar refractivity (Wildman–Crippen MR) is 109 cm³/mol. The van der Waals surface area contributed by atoms with Gasteiger partial charge >= 0.3 is 0 Å². The van der Waals surface area contributed by atoms with Crippen molar-refractivity contribution in [3.63, 3.8) is 0 Å². The zero-order chi connectivity index (χ0) is 19.6. The van der Waals surface area contributed by atoms with E-state index >= 15 is 0 Å². The maximum absolute atomic E-state index is 13.4. The number of hydrogen-bond acceptors (Lipinski definition) is 2. The van der Waals surface area contributed by atoms with Gasteiger partial charge in [0, 0.05) is 25.2 Å². The van der Waals surface area contributed by atoms with Crippen LogP contribution in [0.1, 0.15) is 61.6 Å². The number of amides is 1. The number of carbonyl (C=O) groups excluding carboxylic acids is 1. The second-order valence-corrected chi connectivity index (χ2v) is 9.98. The summed E-state index contributed by atoms with van der Waals surface area (Å²) < 4.78 is 1.75. The van der Waals surface area contributed by atoms with E-state index in [1.54, 1.807) is 4.68 Å². The lowest BCUT2D eigenvalue weighted by Crippen LogP contribution is -2.38. The van der Waals surface area contributed by atoms with Crippen LogP contribution in [0.2, 0.25) is 0 Å². The summed E-state index contributed by atoms with van der Waals surface area (Å²) in [5.74, 6) is 0.131. The van der Waals surface area contributed by atoms with E-state index in [0.29, 0.717) is 17.2 Å². The molecule has 4 nitrogen and oxygen atoms in total. The average Bonchev–Trinajstić information content (AvgIpc) is 3.05. The van der Waals surface area contributed by atoms with Gasteiger partial charge in [-0.1, -0.05) is 32.9 Å². The number of rotatable bonds is 2. The predicted octanol–water partition coefficient (Wildman–Crippen LogP) is 4.74. The Hall–Kier alpha value is -2.10. The third kappa shape index (κ3) is 3.19. The molecule has 0 N–H and O–H groups in total. The molecule has 1 aliphatic heterocycles. The number of fused-ring (bicyclic) bond motifs is 2. The van der Waals surface area contributed by atoms with Crippen molar-refractivity contribution in [3.8, 4) is 11.3 Å². The third-order valence-electron chi connectivity index (χ3n) is 6.58. The van der Waals surface area contributed by atoms with Crippen LogP contribution in [0.3, 0.4) is 0 Å². The van der Waals surface area contributed by atoms with Crippen LogP contribution in [-0.2, 0) is 7.05 Å². The Morgan fingerprint density at radius 1 is 1.11 bits per heavy atom. The highest BCUT2D eigenvalue weighted by Crippen LogP contribution is 2.52. The smallest absolute Gasteiger partial charge is 0.272 e. The Labute approximate surface area is 162 Å². The van der Waals surface area contributed by atoms with Crippen LogP contribution in [-0.4, -0.2) is 33.2 Å². The second kappa shape index (κ2) is 5.95. The fourth-order valence-electron chi connectivity index (χ4n) is 5.55. The van der Waals surface area contributed by atoms with Gasteiger partial charge in [0.25, 0.3) is 5.91 Å². The molecule has 0 radical (unpaired) electrons. The molecule has 2 atom stereocenters. The lowest BCUT2D eigenvalue weighted by molar-refractivity contribution is 0.0697. The summed E-state index contributed by atoms with van der Waals surface area (Å²) in [7, 11) is 1.88. The fraction of sp³-hybridized carbons (Fsp3) is 0.565. The van der Waals surface area contributed by atoms with Gasteiger partial charge in [-0.15, -0.1) is 0 Å². The normalized spacial score (nSPS) is 26.4. The first-order valence-corrected chi connectivity index (χ1v) is 10.00. The Kier molecular flexibility index (Phi) is 4.03. The average molecular weight is 366 g/mol. The number of aromatic nitrogens is 2. The van der Waals surface area contributed by atoms with E-state index in [0.717, 1.165) is 30.6 Å². The SMILES string of the molecule is Cc1ccc(-c2cc(C(=O)N3CC4(C)CC3CC(C)(C)C4)n(C)n2)cc1C. The molecule has 2 aliphatic rings. The Bertz CT molecular complexity index is 910. The van der Waals surface area contributed by atoms with Gasteiger partial charge < -0.3 is 4.90 Å². The summed E-state index contributed by atoms with van der Waals surface area (Å²) in [4.78, 5) is 15.5. The quantitative estimate of drug-likeness (QED) is 0.770. The lowest BCUT2D eigenvalue weighted by atomic mass is 9.65. The first kappa shape index (κ1) is 18.3. The van der Waals surface area contributed by atoms with Crippen LogP contribution in [0, 0.1) is 24.7 Å². The molecule has 144 valence electrons. The molecular weight excluding hydrogens is 334 g/mol. The zero-order valence-electron chi connectivity index (χ0n) is 17.5. The van der Waals surface area contributed by atoms with E-state index in [1.165, 1.54) is 17.5 Å². The van der Waals surface area contributed by atoms with E-state index in [9.17, 15) is 4.79 Å². The monoisotopic (exact) mass is 365 g/mol. The number of likely N-dealkylation sites (tertiary alicyclic amines) is 1. The molecule has 2 heterocycles. The van der Waals surface area contributed by atoms with Crippen molar-refractivity contribution in [2.45, 2.75) is 59.9 Å². The molecule has 2 aromatic rings. The van der Waals surface area contributed by atoms with Gasteiger partial charge in [-0.2, -0.15) is 5.10 Å². The van der Waals surface area contributed by atoms with Crippen molar-refractivity contribution < 1.29 is 4.79 Å². The van der Waals surface area contributed by atoms with Crippen molar-refractivity contribution in [2.75, 3.05) is 6.54 Å². The summed E-state index contributed by atoms with van der Waals surface area (Å²) >= 11 is 0. The van der Waals surface area contributed by atoms with Crippen molar-refractivity contribution in [2.24, 2.45) is 17.9 Å². The van der Waals surface area contributed by atoms with E-state index < -0.39 is 0 Å². The number of benzene rings is 1. The molecule has 1 saturated heterocycles. The molecular formula is C23H31N3O. The molecule has 2 fully saturated rings. The van der Waals surface area contributed by atoms with Crippen molar-refractivity contribution in [3.05, 3.63) is 41.1 Å². The van der Waals surface area contributed by atoms with Crippen LogP contribution in [0.5, 0.6) is 0 Å². The summed E-state index contributed by atoms with van der Waals surface area (Å²) in [5, 5.41) is 4.64. The largest absolute Gasteiger partial charge is 0.334 e. The minimum absolute atomic E-state index is 0.131. The van der Waals surface area contributed by atoms with E-state index in [4.69, 9.17) is 0 Å². The number of carbonyl (C=O) groups is 1. The highest BCUT2D eigenvalue weighted by Gasteiger charge is 2.51. The van der Waals surface area contributed by atoms with Crippen molar-refractivity contribution in [1.29, 1.82) is 0 Å². The lowest BCUT2D eigenvalue weighted by Gasteiger charge is -2.39. The van der Waals surface area contributed by atoms with Crippen LogP contribution in [0.25, 0.3) is 11.3 Å². The fourth-order valence-corrected chi connectivity index (χ4v) is 5.55. The number of hydrogen-bond donors (Lipinski definition) is 0.